The van der Waals surface area contributed by atoms with Crippen molar-refractivity contribution in [3.05, 3.63) is 59.7 Å². The summed E-state index contributed by atoms with van der Waals surface area (Å²) in [6, 6.07) is 15.7. The van der Waals surface area contributed by atoms with Crippen LogP contribution in [0.2, 0.25) is 0 Å². The van der Waals surface area contributed by atoms with Crippen LogP contribution in [0.3, 0.4) is 0 Å². The van der Waals surface area contributed by atoms with E-state index in [2.05, 4.69) is 19.1 Å². The summed E-state index contributed by atoms with van der Waals surface area (Å²) < 4.78 is 5.87. The molecule has 0 heterocycles. The summed E-state index contributed by atoms with van der Waals surface area (Å²) in [7, 11) is 0. The molecule has 0 bridgehead atoms. The van der Waals surface area contributed by atoms with Gasteiger partial charge >= 0.3 is 0 Å². The molecular weight excluding hydrogens is 236 g/mol. The number of hydrogen-bond acceptors (Lipinski definition) is 2. The second-order valence-corrected chi connectivity index (χ2v) is 4.56. The van der Waals surface area contributed by atoms with E-state index in [0.717, 1.165) is 23.5 Å². The summed E-state index contributed by atoms with van der Waals surface area (Å²) in [5.41, 5.74) is 2.12. The Balaban J connectivity index is 2.22. The standard InChI is InChI=1S/C17H20O2/c1-3-13-9-11-14(12-10-13)19-17-8-6-5-7-15(17)16(18)4-2/h5-12,16,18H,3-4H2,1-2H3/t16-/m1/s1. The zero-order valence-electron chi connectivity index (χ0n) is 11.5. The number of para-hydroxylation sites is 1. The largest absolute Gasteiger partial charge is 0.457 e. The minimum atomic E-state index is -0.480. The first-order valence-electron chi connectivity index (χ1n) is 6.78. The van der Waals surface area contributed by atoms with E-state index >= 15 is 0 Å². The second-order valence-electron chi connectivity index (χ2n) is 4.56. The first-order valence-corrected chi connectivity index (χ1v) is 6.78. The number of benzene rings is 2. The Morgan fingerprint density at radius 1 is 1.00 bits per heavy atom. The molecule has 2 aromatic rings. The predicted octanol–water partition coefficient (Wildman–Crippen LogP) is 4.48. The van der Waals surface area contributed by atoms with Gasteiger partial charge in [0.15, 0.2) is 0 Å². The van der Waals surface area contributed by atoms with Gasteiger partial charge in [-0.05, 0) is 36.6 Å². The van der Waals surface area contributed by atoms with Crippen molar-refractivity contribution in [3.63, 3.8) is 0 Å². The van der Waals surface area contributed by atoms with Crippen LogP contribution in [0.1, 0.15) is 37.5 Å². The van der Waals surface area contributed by atoms with E-state index in [1.807, 2.05) is 43.3 Å². The third kappa shape index (κ3) is 3.36. The van der Waals surface area contributed by atoms with Crippen LogP contribution in [0.4, 0.5) is 0 Å². The molecule has 0 radical (unpaired) electrons. The fourth-order valence-corrected chi connectivity index (χ4v) is 1.99. The molecule has 2 heteroatoms. The van der Waals surface area contributed by atoms with Gasteiger partial charge in [-0.3, -0.25) is 0 Å². The molecule has 2 nitrogen and oxygen atoms in total. The number of aliphatic hydroxyl groups excluding tert-OH is 1. The molecule has 100 valence electrons. The summed E-state index contributed by atoms with van der Waals surface area (Å²) in [4.78, 5) is 0. The molecule has 0 aliphatic heterocycles. The van der Waals surface area contributed by atoms with Gasteiger partial charge in [-0.2, -0.15) is 0 Å². The zero-order chi connectivity index (χ0) is 13.7. The van der Waals surface area contributed by atoms with Crippen LogP contribution in [0, 0.1) is 0 Å². The third-order valence-corrected chi connectivity index (χ3v) is 3.22. The maximum absolute atomic E-state index is 9.99. The highest BCUT2D eigenvalue weighted by atomic mass is 16.5. The van der Waals surface area contributed by atoms with Gasteiger partial charge in [0.25, 0.3) is 0 Å². The molecule has 19 heavy (non-hydrogen) atoms. The molecule has 0 saturated carbocycles. The minimum absolute atomic E-state index is 0.480. The van der Waals surface area contributed by atoms with Crippen LogP contribution in [0.5, 0.6) is 11.5 Å². The Morgan fingerprint density at radius 3 is 2.32 bits per heavy atom. The second kappa shape index (κ2) is 6.39. The number of aliphatic hydroxyl groups is 1. The van der Waals surface area contributed by atoms with Crippen LogP contribution >= 0.6 is 0 Å². The first-order chi connectivity index (χ1) is 9.24. The lowest BCUT2D eigenvalue weighted by Gasteiger charge is -2.14. The van der Waals surface area contributed by atoms with Crippen molar-refractivity contribution < 1.29 is 9.84 Å². The van der Waals surface area contributed by atoms with Gasteiger partial charge in [0.2, 0.25) is 0 Å². The van der Waals surface area contributed by atoms with Gasteiger partial charge in [-0.25, -0.2) is 0 Å². The van der Waals surface area contributed by atoms with E-state index < -0.39 is 6.10 Å². The average molecular weight is 256 g/mol. The van der Waals surface area contributed by atoms with Crippen molar-refractivity contribution in [2.75, 3.05) is 0 Å². The molecule has 0 unspecified atom stereocenters. The van der Waals surface area contributed by atoms with Crippen molar-refractivity contribution >= 4 is 0 Å². The Bertz CT molecular complexity index is 517. The average Bonchev–Trinajstić information content (AvgIpc) is 2.48. The van der Waals surface area contributed by atoms with Crippen LogP contribution in [0.15, 0.2) is 48.5 Å². The molecule has 1 atom stereocenters. The summed E-state index contributed by atoms with van der Waals surface area (Å²) in [6.45, 7) is 4.08. The van der Waals surface area contributed by atoms with E-state index in [0.29, 0.717) is 6.42 Å². The lowest BCUT2D eigenvalue weighted by atomic mass is 10.1. The predicted molar refractivity (Wildman–Crippen MR) is 77.6 cm³/mol. The quantitative estimate of drug-likeness (QED) is 0.854. The van der Waals surface area contributed by atoms with E-state index in [1.54, 1.807) is 0 Å². The van der Waals surface area contributed by atoms with Crippen LogP contribution in [0.25, 0.3) is 0 Å². The topological polar surface area (TPSA) is 29.5 Å². The number of ether oxygens (including phenoxy) is 1. The van der Waals surface area contributed by atoms with E-state index in [4.69, 9.17) is 4.74 Å². The summed E-state index contributed by atoms with van der Waals surface area (Å²) >= 11 is 0. The van der Waals surface area contributed by atoms with Crippen molar-refractivity contribution in [1.29, 1.82) is 0 Å². The molecule has 2 rings (SSSR count). The van der Waals surface area contributed by atoms with Gasteiger partial charge in [-0.1, -0.05) is 44.2 Å². The number of hydrogen-bond donors (Lipinski definition) is 1. The third-order valence-electron chi connectivity index (χ3n) is 3.22. The van der Waals surface area contributed by atoms with Crippen molar-refractivity contribution in [3.8, 4) is 11.5 Å². The lowest BCUT2D eigenvalue weighted by molar-refractivity contribution is 0.170. The van der Waals surface area contributed by atoms with E-state index in [1.165, 1.54) is 5.56 Å². The number of rotatable bonds is 5. The van der Waals surface area contributed by atoms with Crippen molar-refractivity contribution in [2.45, 2.75) is 32.8 Å². The molecule has 0 aliphatic carbocycles. The molecule has 0 aliphatic rings. The van der Waals surface area contributed by atoms with Gasteiger partial charge in [0.05, 0.1) is 6.10 Å². The fraction of sp³-hybridized carbons (Fsp3) is 0.294. The fourth-order valence-electron chi connectivity index (χ4n) is 1.99. The first kappa shape index (κ1) is 13.6. The van der Waals surface area contributed by atoms with Crippen molar-refractivity contribution in [2.24, 2.45) is 0 Å². The summed E-state index contributed by atoms with van der Waals surface area (Å²) in [5, 5.41) is 9.99. The molecule has 1 N–H and O–H groups in total. The Labute approximate surface area is 114 Å². The van der Waals surface area contributed by atoms with Crippen LogP contribution in [-0.2, 0) is 6.42 Å². The van der Waals surface area contributed by atoms with E-state index in [9.17, 15) is 5.11 Å². The van der Waals surface area contributed by atoms with Crippen molar-refractivity contribution in [1.82, 2.24) is 0 Å². The molecule has 0 saturated heterocycles. The number of aryl methyl sites for hydroxylation is 1. The van der Waals surface area contributed by atoms with Crippen LogP contribution in [-0.4, -0.2) is 5.11 Å². The normalized spacial score (nSPS) is 12.2. The zero-order valence-corrected chi connectivity index (χ0v) is 11.5. The highest BCUT2D eigenvalue weighted by Crippen LogP contribution is 2.30. The molecular formula is C17H20O2. The Hall–Kier alpha value is -1.80. The molecule has 0 spiro atoms. The maximum atomic E-state index is 9.99. The molecule has 0 amide bonds. The smallest absolute Gasteiger partial charge is 0.133 e. The SMILES string of the molecule is CCc1ccc(Oc2ccccc2[C@H](O)CC)cc1. The molecule has 0 fully saturated rings. The van der Waals surface area contributed by atoms with Gasteiger partial charge in [0, 0.05) is 5.56 Å². The summed E-state index contributed by atoms with van der Waals surface area (Å²) in [6.07, 6.45) is 1.21. The Kier molecular flexibility index (Phi) is 4.58. The van der Waals surface area contributed by atoms with Gasteiger partial charge in [-0.15, -0.1) is 0 Å². The minimum Gasteiger partial charge on any atom is -0.457 e. The summed E-state index contributed by atoms with van der Waals surface area (Å²) in [5.74, 6) is 1.52. The monoisotopic (exact) mass is 256 g/mol. The van der Waals surface area contributed by atoms with Crippen LogP contribution < -0.4 is 4.74 Å². The highest BCUT2D eigenvalue weighted by Gasteiger charge is 2.11. The lowest BCUT2D eigenvalue weighted by Crippen LogP contribution is -1.98. The Morgan fingerprint density at radius 2 is 1.68 bits per heavy atom. The molecule has 2 aromatic carbocycles. The van der Waals surface area contributed by atoms with E-state index in [-0.39, 0.29) is 0 Å². The highest BCUT2D eigenvalue weighted by molar-refractivity contribution is 5.39. The molecule has 0 aromatic heterocycles. The van der Waals surface area contributed by atoms with Gasteiger partial charge < -0.3 is 9.84 Å². The maximum Gasteiger partial charge on any atom is 0.133 e. The van der Waals surface area contributed by atoms with Gasteiger partial charge in [0.1, 0.15) is 11.5 Å².